The van der Waals surface area contributed by atoms with Crippen LogP contribution >= 0.6 is 0 Å². The standard InChI is InChI=1S/C15H22N2O2/c1-17(11-14-9-16-5-7-18-14)10-12-2-3-15-13(8-12)4-6-19-15/h2-3,8,14,16H,4-7,9-11H2,1H3. The van der Waals surface area contributed by atoms with Crippen molar-refractivity contribution in [1.82, 2.24) is 10.2 Å². The van der Waals surface area contributed by atoms with Gasteiger partial charge < -0.3 is 14.8 Å². The lowest BCUT2D eigenvalue weighted by atomic mass is 10.1. The van der Waals surface area contributed by atoms with Gasteiger partial charge in [0.05, 0.1) is 19.3 Å². The van der Waals surface area contributed by atoms with Gasteiger partial charge in [0.1, 0.15) is 5.75 Å². The van der Waals surface area contributed by atoms with Crippen LogP contribution in [0.15, 0.2) is 18.2 Å². The first-order chi connectivity index (χ1) is 9.31. The molecule has 19 heavy (non-hydrogen) atoms. The summed E-state index contributed by atoms with van der Waals surface area (Å²) >= 11 is 0. The highest BCUT2D eigenvalue weighted by Crippen LogP contribution is 2.26. The molecule has 4 nitrogen and oxygen atoms in total. The van der Waals surface area contributed by atoms with Crippen LogP contribution in [0.3, 0.4) is 0 Å². The molecule has 1 fully saturated rings. The van der Waals surface area contributed by atoms with Crippen molar-refractivity contribution in [3.63, 3.8) is 0 Å². The van der Waals surface area contributed by atoms with Gasteiger partial charge in [-0.2, -0.15) is 0 Å². The lowest BCUT2D eigenvalue weighted by Crippen LogP contribution is -2.44. The highest BCUT2D eigenvalue weighted by molar-refractivity contribution is 5.39. The van der Waals surface area contributed by atoms with Gasteiger partial charge in [-0.3, -0.25) is 4.90 Å². The van der Waals surface area contributed by atoms with E-state index in [4.69, 9.17) is 9.47 Å². The Hall–Kier alpha value is -1.10. The Morgan fingerprint density at radius 1 is 1.37 bits per heavy atom. The summed E-state index contributed by atoms with van der Waals surface area (Å²) in [5, 5.41) is 3.37. The van der Waals surface area contributed by atoms with E-state index in [0.29, 0.717) is 6.10 Å². The van der Waals surface area contributed by atoms with Gasteiger partial charge in [0.25, 0.3) is 0 Å². The molecule has 4 heteroatoms. The second kappa shape index (κ2) is 5.90. The Morgan fingerprint density at radius 3 is 3.16 bits per heavy atom. The largest absolute Gasteiger partial charge is 0.493 e. The van der Waals surface area contributed by atoms with E-state index < -0.39 is 0 Å². The maximum atomic E-state index is 5.74. The monoisotopic (exact) mass is 262 g/mol. The average molecular weight is 262 g/mol. The zero-order valence-corrected chi connectivity index (χ0v) is 11.5. The average Bonchev–Trinajstić information content (AvgIpc) is 2.87. The van der Waals surface area contributed by atoms with Gasteiger partial charge in [-0.15, -0.1) is 0 Å². The van der Waals surface area contributed by atoms with Crippen LogP contribution in [0.5, 0.6) is 5.75 Å². The molecule has 1 atom stereocenters. The van der Waals surface area contributed by atoms with Crippen LogP contribution < -0.4 is 10.1 Å². The van der Waals surface area contributed by atoms with Crippen LogP contribution in [0, 0.1) is 0 Å². The molecule has 2 aliphatic heterocycles. The predicted octanol–water partition coefficient (Wildman–Crippen LogP) is 1.04. The summed E-state index contributed by atoms with van der Waals surface area (Å²) in [6.45, 7) is 5.53. The molecule has 1 unspecified atom stereocenters. The van der Waals surface area contributed by atoms with Crippen molar-refractivity contribution in [1.29, 1.82) is 0 Å². The van der Waals surface area contributed by atoms with Gasteiger partial charge in [0.2, 0.25) is 0 Å². The summed E-state index contributed by atoms with van der Waals surface area (Å²) in [7, 11) is 2.15. The van der Waals surface area contributed by atoms with Crippen molar-refractivity contribution in [2.45, 2.75) is 19.1 Å². The zero-order valence-electron chi connectivity index (χ0n) is 11.5. The molecule has 1 N–H and O–H groups in total. The molecule has 0 saturated carbocycles. The summed E-state index contributed by atoms with van der Waals surface area (Å²) in [6, 6.07) is 6.55. The second-order valence-corrected chi connectivity index (χ2v) is 5.43. The minimum absolute atomic E-state index is 0.316. The van der Waals surface area contributed by atoms with Gasteiger partial charge in [-0.25, -0.2) is 0 Å². The van der Waals surface area contributed by atoms with Gasteiger partial charge in [0, 0.05) is 32.6 Å². The number of nitrogens with zero attached hydrogens (tertiary/aromatic N) is 1. The van der Waals surface area contributed by atoms with Crippen molar-refractivity contribution in [3.8, 4) is 5.75 Å². The molecule has 3 rings (SSSR count). The smallest absolute Gasteiger partial charge is 0.122 e. The fourth-order valence-corrected chi connectivity index (χ4v) is 2.80. The number of hydrogen-bond acceptors (Lipinski definition) is 4. The van der Waals surface area contributed by atoms with Crippen LogP contribution in [-0.4, -0.2) is 50.9 Å². The summed E-state index contributed by atoms with van der Waals surface area (Å²) in [6.07, 6.45) is 1.36. The Morgan fingerprint density at radius 2 is 2.32 bits per heavy atom. The van der Waals surface area contributed by atoms with Crippen LogP contribution in [0.1, 0.15) is 11.1 Å². The van der Waals surface area contributed by atoms with E-state index in [2.05, 4.69) is 35.5 Å². The van der Waals surface area contributed by atoms with E-state index >= 15 is 0 Å². The molecule has 0 amide bonds. The number of rotatable bonds is 4. The van der Waals surface area contributed by atoms with Gasteiger partial charge in [-0.05, 0) is 24.2 Å². The Labute approximate surface area is 114 Å². The maximum Gasteiger partial charge on any atom is 0.122 e. The first-order valence-electron chi connectivity index (χ1n) is 7.07. The Balaban J connectivity index is 1.55. The molecule has 1 aromatic rings. The Kier molecular flexibility index (Phi) is 4.01. The SMILES string of the molecule is CN(Cc1ccc2c(c1)CCO2)CC1CNCCO1. The molecule has 0 aromatic heterocycles. The van der Waals surface area contributed by atoms with E-state index in [-0.39, 0.29) is 0 Å². The predicted molar refractivity (Wildman–Crippen MR) is 74.6 cm³/mol. The molecule has 0 radical (unpaired) electrons. The lowest BCUT2D eigenvalue weighted by Gasteiger charge is -2.28. The van der Waals surface area contributed by atoms with E-state index in [1.165, 1.54) is 11.1 Å². The molecular formula is C15H22N2O2. The van der Waals surface area contributed by atoms with Crippen LogP contribution in [0.4, 0.5) is 0 Å². The first kappa shape index (κ1) is 12.9. The van der Waals surface area contributed by atoms with Crippen molar-refractivity contribution in [2.24, 2.45) is 0 Å². The topological polar surface area (TPSA) is 33.7 Å². The second-order valence-electron chi connectivity index (χ2n) is 5.43. The molecule has 0 bridgehead atoms. The fraction of sp³-hybridized carbons (Fsp3) is 0.600. The minimum atomic E-state index is 0.316. The quantitative estimate of drug-likeness (QED) is 0.879. The third kappa shape index (κ3) is 3.26. The number of benzene rings is 1. The molecule has 104 valence electrons. The van der Waals surface area contributed by atoms with Crippen LogP contribution in [0.2, 0.25) is 0 Å². The van der Waals surface area contributed by atoms with Crippen LogP contribution in [-0.2, 0) is 17.7 Å². The third-order valence-electron chi connectivity index (χ3n) is 3.73. The van der Waals surface area contributed by atoms with Gasteiger partial charge >= 0.3 is 0 Å². The number of likely N-dealkylation sites (N-methyl/N-ethyl adjacent to an activating group) is 1. The summed E-state index contributed by atoms with van der Waals surface area (Å²) in [4.78, 5) is 2.33. The third-order valence-corrected chi connectivity index (χ3v) is 3.73. The molecule has 0 aliphatic carbocycles. The van der Waals surface area contributed by atoms with E-state index in [1.807, 2.05) is 0 Å². The van der Waals surface area contributed by atoms with Gasteiger partial charge in [0.15, 0.2) is 0 Å². The normalized spacial score (nSPS) is 22.3. The van der Waals surface area contributed by atoms with E-state index in [0.717, 1.165) is 51.6 Å². The van der Waals surface area contributed by atoms with Crippen molar-refractivity contribution >= 4 is 0 Å². The van der Waals surface area contributed by atoms with Gasteiger partial charge in [-0.1, -0.05) is 12.1 Å². The highest BCUT2D eigenvalue weighted by atomic mass is 16.5. The van der Waals surface area contributed by atoms with E-state index in [9.17, 15) is 0 Å². The highest BCUT2D eigenvalue weighted by Gasteiger charge is 2.16. The summed E-state index contributed by atoms with van der Waals surface area (Å²) < 4.78 is 11.3. The number of ether oxygens (including phenoxy) is 2. The van der Waals surface area contributed by atoms with Crippen LogP contribution in [0.25, 0.3) is 0 Å². The lowest BCUT2D eigenvalue weighted by molar-refractivity contribution is 0.00884. The molecule has 2 aliphatic rings. The molecule has 0 spiro atoms. The molecule has 1 saturated heterocycles. The zero-order chi connectivity index (χ0) is 13.1. The van der Waals surface area contributed by atoms with Crippen molar-refractivity contribution < 1.29 is 9.47 Å². The molecule has 1 aromatic carbocycles. The van der Waals surface area contributed by atoms with E-state index in [1.54, 1.807) is 0 Å². The first-order valence-corrected chi connectivity index (χ1v) is 7.07. The number of nitrogens with one attached hydrogen (secondary N) is 1. The molecule has 2 heterocycles. The fourth-order valence-electron chi connectivity index (χ4n) is 2.80. The van der Waals surface area contributed by atoms with Crippen molar-refractivity contribution in [3.05, 3.63) is 29.3 Å². The maximum absolute atomic E-state index is 5.74. The molecular weight excluding hydrogens is 240 g/mol. The Bertz CT molecular complexity index is 430. The minimum Gasteiger partial charge on any atom is -0.493 e. The summed E-state index contributed by atoms with van der Waals surface area (Å²) in [5.41, 5.74) is 2.71. The number of fused-ring (bicyclic) bond motifs is 1. The summed E-state index contributed by atoms with van der Waals surface area (Å²) in [5.74, 6) is 1.06. The van der Waals surface area contributed by atoms with Crippen molar-refractivity contribution in [2.75, 3.05) is 39.9 Å². The number of morpholine rings is 1. The number of hydrogen-bond donors (Lipinski definition) is 1.